The molecule has 0 spiro atoms. The topological polar surface area (TPSA) is 144 Å². The number of nitro benzene ring substituents is 1. The molecule has 1 amide bonds. The van der Waals surface area contributed by atoms with E-state index >= 15 is 0 Å². The predicted molar refractivity (Wildman–Crippen MR) is 70.3 cm³/mol. The molecule has 0 atom stereocenters. The number of aromatic amines is 1. The molecule has 102 valence electrons. The lowest BCUT2D eigenvalue weighted by atomic mass is 10.1. The molecule has 0 radical (unpaired) electrons. The Morgan fingerprint density at radius 1 is 1.35 bits per heavy atom. The second-order valence-electron chi connectivity index (χ2n) is 3.79. The molecule has 9 heteroatoms. The zero-order chi connectivity index (χ0) is 14.7. The molecule has 0 aliphatic heterocycles. The fraction of sp³-hybridized carbons (Fsp3) is 0. The van der Waals surface area contributed by atoms with Crippen molar-refractivity contribution < 1.29 is 9.72 Å². The quantitative estimate of drug-likeness (QED) is 0.423. The summed E-state index contributed by atoms with van der Waals surface area (Å²) < 4.78 is 0. The lowest BCUT2D eigenvalue weighted by Crippen LogP contribution is -2.16. The predicted octanol–water partition coefficient (Wildman–Crippen LogP) is 0.513. The van der Waals surface area contributed by atoms with Gasteiger partial charge in [-0.3, -0.25) is 19.7 Å². The van der Waals surface area contributed by atoms with Crippen molar-refractivity contribution in [3.63, 3.8) is 0 Å². The number of carbonyl (C=O) groups excluding carboxylic acids is 1. The van der Waals surface area contributed by atoms with Crippen LogP contribution in [-0.2, 0) is 0 Å². The average molecular weight is 275 g/mol. The van der Waals surface area contributed by atoms with Gasteiger partial charge in [0.1, 0.15) is 5.69 Å². The van der Waals surface area contributed by atoms with Crippen LogP contribution in [0, 0.1) is 10.1 Å². The van der Waals surface area contributed by atoms with Crippen molar-refractivity contribution in [3.05, 3.63) is 56.4 Å². The van der Waals surface area contributed by atoms with Crippen LogP contribution in [-0.4, -0.2) is 21.0 Å². The number of nitrogens with two attached hydrogens (primary N) is 1. The number of nitrogens with one attached hydrogen (secondary N) is 2. The first-order valence-corrected chi connectivity index (χ1v) is 5.38. The molecule has 4 N–H and O–H groups in total. The van der Waals surface area contributed by atoms with Crippen molar-refractivity contribution in [2.24, 2.45) is 0 Å². The Morgan fingerprint density at radius 3 is 2.70 bits per heavy atom. The summed E-state index contributed by atoms with van der Waals surface area (Å²) in [7, 11) is 0. The van der Waals surface area contributed by atoms with Gasteiger partial charge in [0.15, 0.2) is 5.82 Å². The summed E-state index contributed by atoms with van der Waals surface area (Å²) in [4.78, 5) is 32.8. The van der Waals surface area contributed by atoms with Crippen molar-refractivity contribution in [2.45, 2.75) is 0 Å². The SMILES string of the molecule is Nc1ccc(C(=O)Nc2ccc(=O)[nH]n2)cc1[N+](=O)[O-]. The van der Waals surface area contributed by atoms with E-state index < -0.39 is 16.4 Å². The molecule has 0 aliphatic carbocycles. The Bertz CT molecular complexity index is 719. The molecule has 1 heterocycles. The number of anilines is 2. The van der Waals surface area contributed by atoms with E-state index in [4.69, 9.17) is 5.73 Å². The van der Waals surface area contributed by atoms with Crippen LogP contribution in [0.2, 0.25) is 0 Å². The monoisotopic (exact) mass is 275 g/mol. The second kappa shape index (κ2) is 5.18. The summed E-state index contributed by atoms with van der Waals surface area (Å²) in [5.74, 6) is -0.485. The molecular weight excluding hydrogens is 266 g/mol. The van der Waals surface area contributed by atoms with Crippen LogP contribution in [0.1, 0.15) is 10.4 Å². The van der Waals surface area contributed by atoms with Crippen LogP contribution in [0.4, 0.5) is 17.2 Å². The molecule has 0 fully saturated rings. The summed E-state index contributed by atoms with van der Waals surface area (Å²) in [5.41, 5.74) is 4.69. The number of nitrogen functional groups attached to an aromatic ring is 1. The van der Waals surface area contributed by atoms with Gasteiger partial charge in [-0.05, 0) is 18.2 Å². The minimum Gasteiger partial charge on any atom is -0.393 e. The highest BCUT2D eigenvalue weighted by Crippen LogP contribution is 2.22. The molecule has 1 aromatic heterocycles. The van der Waals surface area contributed by atoms with Gasteiger partial charge in [-0.1, -0.05) is 0 Å². The van der Waals surface area contributed by atoms with Gasteiger partial charge in [0, 0.05) is 17.7 Å². The molecule has 2 rings (SSSR count). The highest BCUT2D eigenvalue weighted by Gasteiger charge is 2.16. The molecule has 0 bridgehead atoms. The number of nitrogens with zero attached hydrogens (tertiary/aromatic N) is 2. The molecule has 1 aromatic carbocycles. The summed E-state index contributed by atoms with van der Waals surface area (Å²) in [6.07, 6.45) is 0. The van der Waals surface area contributed by atoms with Gasteiger partial charge in [-0.25, -0.2) is 5.10 Å². The maximum Gasteiger partial charge on any atom is 0.292 e. The zero-order valence-electron chi connectivity index (χ0n) is 9.99. The van der Waals surface area contributed by atoms with E-state index in [0.717, 1.165) is 6.07 Å². The van der Waals surface area contributed by atoms with Crippen LogP contribution >= 0.6 is 0 Å². The zero-order valence-corrected chi connectivity index (χ0v) is 9.99. The van der Waals surface area contributed by atoms with Gasteiger partial charge in [-0.15, -0.1) is 0 Å². The molecule has 0 saturated carbocycles. The average Bonchev–Trinajstić information content (AvgIpc) is 2.41. The first-order chi connectivity index (χ1) is 9.47. The molecule has 2 aromatic rings. The van der Waals surface area contributed by atoms with E-state index in [1.54, 1.807) is 0 Å². The fourth-order valence-electron chi connectivity index (χ4n) is 1.45. The van der Waals surface area contributed by atoms with E-state index in [1.807, 2.05) is 0 Å². The minimum absolute atomic E-state index is 0.0336. The van der Waals surface area contributed by atoms with Crippen LogP contribution < -0.4 is 16.6 Å². The number of benzene rings is 1. The van der Waals surface area contributed by atoms with Crippen molar-refractivity contribution in [1.29, 1.82) is 0 Å². The normalized spacial score (nSPS) is 10.0. The Balaban J connectivity index is 2.25. The molecule has 0 aliphatic rings. The van der Waals surface area contributed by atoms with Crippen molar-refractivity contribution in [1.82, 2.24) is 10.2 Å². The number of nitro groups is 1. The summed E-state index contributed by atoms with van der Waals surface area (Å²) in [6, 6.07) is 6.18. The maximum absolute atomic E-state index is 11.9. The number of carbonyl (C=O) groups is 1. The van der Waals surface area contributed by atoms with Crippen LogP contribution in [0.5, 0.6) is 0 Å². The van der Waals surface area contributed by atoms with Crippen LogP contribution in [0.25, 0.3) is 0 Å². The fourth-order valence-corrected chi connectivity index (χ4v) is 1.45. The molecule has 9 nitrogen and oxygen atoms in total. The number of hydrogen-bond acceptors (Lipinski definition) is 6. The first-order valence-electron chi connectivity index (χ1n) is 5.38. The van der Waals surface area contributed by atoms with Crippen LogP contribution in [0.15, 0.2) is 35.1 Å². The summed E-state index contributed by atoms with van der Waals surface area (Å²) in [6.45, 7) is 0. The maximum atomic E-state index is 11.9. The lowest BCUT2D eigenvalue weighted by Gasteiger charge is -2.04. The van der Waals surface area contributed by atoms with Crippen molar-refractivity contribution >= 4 is 23.1 Å². The number of amides is 1. The van der Waals surface area contributed by atoms with Gasteiger partial charge in [0.2, 0.25) is 0 Å². The smallest absolute Gasteiger partial charge is 0.292 e. The van der Waals surface area contributed by atoms with E-state index in [0.29, 0.717) is 0 Å². The van der Waals surface area contributed by atoms with Crippen molar-refractivity contribution in [3.8, 4) is 0 Å². The Labute approximate surface area is 111 Å². The van der Waals surface area contributed by atoms with E-state index in [1.165, 1.54) is 24.3 Å². The molecular formula is C11H9N5O4. The first kappa shape index (κ1) is 13.2. The van der Waals surface area contributed by atoms with Gasteiger partial charge < -0.3 is 11.1 Å². The van der Waals surface area contributed by atoms with Crippen molar-refractivity contribution in [2.75, 3.05) is 11.1 Å². The summed E-state index contributed by atoms with van der Waals surface area (Å²) in [5, 5.41) is 18.9. The minimum atomic E-state index is -0.676. The van der Waals surface area contributed by atoms with Gasteiger partial charge in [-0.2, -0.15) is 5.10 Å². The van der Waals surface area contributed by atoms with E-state index in [2.05, 4.69) is 15.5 Å². The van der Waals surface area contributed by atoms with E-state index in [-0.39, 0.29) is 22.8 Å². The molecule has 20 heavy (non-hydrogen) atoms. The highest BCUT2D eigenvalue weighted by atomic mass is 16.6. The highest BCUT2D eigenvalue weighted by molar-refractivity contribution is 6.04. The Morgan fingerprint density at radius 2 is 2.10 bits per heavy atom. The van der Waals surface area contributed by atoms with Crippen LogP contribution in [0.3, 0.4) is 0 Å². The van der Waals surface area contributed by atoms with E-state index in [9.17, 15) is 19.7 Å². The second-order valence-corrected chi connectivity index (χ2v) is 3.79. The number of H-pyrrole nitrogens is 1. The van der Waals surface area contributed by atoms with Gasteiger partial charge in [0.25, 0.3) is 17.2 Å². The summed E-state index contributed by atoms with van der Waals surface area (Å²) >= 11 is 0. The number of aromatic nitrogens is 2. The third-order valence-electron chi connectivity index (χ3n) is 2.41. The third kappa shape index (κ3) is 2.77. The lowest BCUT2D eigenvalue weighted by molar-refractivity contribution is -0.383. The molecule has 0 unspecified atom stereocenters. The Kier molecular flexibility index (Phi) is 3.42. The Hall–Kier alpha value is -3.23. The number of rotatable bonds is 3. The van der Waals surface area contributed by atoms with Gasteiger partial charge >= 0.3 is 0 Å². The number of hydrogen-bond donors (Lipinski definition) is 3. The third-order valence-corrected chi connectivity index (χ3v) is 2.41. The standard InChI is InChI=1S/C11H9N5O4/c12-7-2-1-6(5-8(7)16(19)20)11(18)13-9-3-4-10(17)15-14-9/h1-5H,12H2,(H,15,17)(H,13,14,18). The molecule has 0 saturated heterocycles. The largest absolute Gasteiger partial charge is 0.393 e. The van der Waals surface area contributed by atoms with Gasteiger partial charge in [0.05, 0.1) is 4.92 Å².